The number of hydrogen-bond acceptors (Lipinski definition) is 3. The number of rotatable bonds is 7. The predicted octanol–water partition coefficient (Wildman–Crippen LogP) is 3.52. The first-order valence-electron chi connectivity index (χ1n) is 6.50. The van der Waals surface area contributed by atoms with Crippen molar-refractivity contribution in [3.63, 3.8) is 0 Å². The summed E-state index contributed by atoms with van der Waals surface area (Å²) in [4.78, 5) is 3.79. The molecule has 0 spiro atoms. The summed E-state index contributed by atoms with van der Waals surface area (Å²) in [6.07, 6.45) is 2.31. The molecular weight excluding hydrogens is 228 g/mol. The van der Waals surface area contributed by atoms with E-state index in [1.807, 2.05) is 11.3 Å². The molecule has 0 aliphatic heterocycles. The van der Waals surface area contributed by atoms with E-state index in [1.54, 1.807) is 0 Å². The van der Waals surface area contributed by atoms with E-state index in [9.17, 15) is 0 Å². The Morgan fingerprint density at radius 3 is 2.53 bits per heavy atom. The van der Waals surface area contributed by atoms with Crippen molar-refractivity contribution in [3.8, 4) is 0 Å². The third-order valence-electron chi connectivity index (χ3n) is 3.79. The molecule has 0 saturated heterocycles. The van der Waals surface area contributed by atoms with Gasteiger partial charge in [0.1, 0.15) is 0 Å². The van der Waals surface area contributed by atoms with Crippen molar-refractivity contribution in [2.75, 3.05) is 20.6 Å². The summed E-state index contributed by atoms with van der Waals surface area (Å²) < 4.78 is 0. The molecular formula is C14H26N2S. The summed E-state index contributed by atoms with van der Waals surface area (Å²) in [5.41, 5.74) is 0.167. The van der Waals surface area contributed by atoms with Crippen molar-refractivity contribution in [2.45, 2.75) is 45.2 Å². The lowest BCUT2D eigenvalue weighted by molar-refractivity contribution is 0.114. The molecule has 1 N–H and O–H groups in total. The van der Waals surface area contributed by atoms with Gasteiger partial charge in [0.15, 0.2) is 0 Å². The summed E-state index contributed by atoms with van der Waals surface area (Å²) in [5.74, 6) is 0. The molecule has 0 radical (unpaired) electrons. The van der Waals surface area contributed by atoms with Crippen molar-refractivity contribution >= 4 is 11.3 Å². The SMILES string of the molecule is CCCNC(c1cccs1)C(C)(CC)N(C)C. The molecule has 17 heavy (non-hydrogen) atoms. The number of nitrogens with one attached hydrogen (secondary N) is 1. The first-order valence-corrected chi connectivity index (χ1v) is 7.38. The van der Waals surface area contributed by atoms with E-state index < -0.39 is 0 Å². The van der Waals surface area contributed by atoms with Crippen LogP contribution in [0.15, 0.2) is 17.5 Å². The fraction of sp³-hybridized carbons (Fsp3) is 0.714. The molecule has 0 amide bonds. The van der Waals surface area contributed by atoms with Gasteiger partial charge in [-0.1, -0.05) is 19.9 Å². The zero-order valence-electron chi connectivity index (χ0n) is 11.8. The molecule has 0 bridgehead atoms. The average molecular weight is 254 g/mol. The van der Waals surface area contributed by atoms with Crippen molar-refractivity contribution in [3.05, 3.63) is 22.4 Å². The van der Waals surface area contributed by atoms with E-state index in [2.05, 4.69) is 62.6 Å². The van der Waals surface area contributed by atoms with Gasteiger partial charge in [0, 0.05) is 10.4 Å². The van der Waals surface area contributed by atoms with E-state index >= 15 is 0 Å². The maximum absolute atomic E-state index is 3.71. The molecule has 0 aromatic carbocycles. The maximum Gasteiger partial charge on any atom is 0.0598 e. The summed E-state index contributed by atoms with van der Waals surface area (Å²) in [5, 5.41) is 5.88. The Labute approximate surface area is 110 Å². The first-order chi connectivity index (χ1) is 8.06. The van der Waals surface area contributed by atoms with Crippen molar-refractivity contribution in [2.24, 2.45) is 0 Å². The number of likely N-dealkylation sites (N-methyl/N-ethyl adjacent to an activating group) is 1. The lowest BCUT2D eigenvalue weighted by Gasteiger charge is -2.42. The highest BCUT2D eigenvalue weighted by Gasteiger charge is 2.35. The molecule has 2 atom stereocenters. The van der Waals surface area contributed by atoms with Crippen LogP contribution in [0.4, 0.5) is 0 Å². The number of thiophene rings is 1. The van der Waals surface area contributed by atoms with Gasteiger partial charge in [-0.05, 0) is 51.9 Å². The van der Waals surface area contributed by atoms with Gasteiger partial charge in [0.05, 0.1) is 6.04 Å². The van der Waals surface area contributed by atoms with Gasteiger partial charge in [0.25, 0.3) is 0 Å². The van der Waals surface area contributed by atoms with E-state index in [-0.39, 0.29) is 5.54 Å². The van der Waals surface area contributed by atoms with Crippen molar-refractivity contribution in [1.29, 1.82) is 0 Å². The molecule has 0 aliphatic carbocycles. The van der Waals surface area contributed by atoms with Crippen LogP contribution in [0, 0.1) is 0 Å². The fourth-order valence-electron chi connectivity index (χ4n) is 2.15. The first kappa shape index (κ1) is 14.7. The quantitative estimate of drug-likeness (QED) is 0.801. The molecule has 1 rings (SSSR count). The number of hydrogen-bond donors (Lipinski definition) is 1. The molecule has 3 heteroatoms. The van der Waals surface area contributed by atoms with Crippen LogP contribution < -0.4 is 5.32 Å². The largest absolute Gasteiger partial charge is 0.308 e. The van der Waals surface area contributed by atoms with Gasteiger partial charge in [0.2, 0.25) is 0 Å². The van der Waals surface area contributed by atoms with E-state index in [1.165, 1.54) is 11.3 Å². The Hall–Kier alpha value is -0.380. The lowest BCUT2D eigenvalue weighted by Crippen LogP contribution is -2.51. The van der Waals surface area contributed by atoms with Gasteiger partial charge in [-0.3, -0.25) is 0 Å². The van der Waals surface area contributed by atoms with Gasteiger partial charge >= 0.3 is 0 Å². The van der Waals surface area contributed by atoms with Crippen LogP contribution in [-0.2, 0) is 0 Å². The second-order valence-corrected chi connectivity index (χ2v) is 5.99. The second kappa shape index (κ2) is 6.53. The molecule has 0 aliphatic rings. The summed E-state index contributed by atoms with van der Waals surface area (Å²) in [7, 11) is 4.36. The minimum absolute atomic E-state index is 0.167. The Bertz CT molecular complexity index is 308. The topological polar surface area (TPSA) is 15.3 Å². The van der Waals surface area contributed by atoms with Crippen LogP contribution in [0.5, 0.6) is 0 Å². The molecule has 2 unspecified atom stereocenters. The van der Waals surface area contributed by atoms with E-state index in [0.717, 1.165) is 13.0 Å². The van der Waals surface area contributed by atoms with E-state index in [4.69, 9.17) is 0 Å². The van der Waals surface area contributed by atoms with Gasteiger partial charge < -0.3 is 10.2 Å². The third-order valence-corrected chi connectivity index (χ3v) is 4.72. The summed E-state index contributed by atoms with van der Waals surface area (Å²) in [6, 6.07) is 4.81. The molecule has 2 nitrogen and oxygen atoms in total. The monoisotopic (exact) mass is 254 g/mol. The van der Waals surface area contributed by atoms with Gasteiger partial charge in [-0.15, -0.1) is 11.3 Å². The Morgan fingerprint density at radius 2 is 2.12 bits per heavy atom. The van der Waals surface area contributed by atoms with Crippen LogP contribution in [-0.4, -0.2) is 31.1 Å². The van der Waals surface area contributed by atoms with Crippen LogP contribution in [0.3, 0.4) is 0 Å². The smallest absolute Gasteiger partial charge is 0.0598 e. The number of nitrogens with zero attached hydrogens (tertiary/aromatic N) is 1. The van der Waals surface area contributed by atoms with Gasteiger partial charge in [-0.25, -0.2) is 0 Å². The molecule has 1 aromatic rings. The van der Waals surface area contributed by atoms with Crippen LogP contribution in [0.25, 0.3) is 0 Å². The molecule has 0 saturated carbocycles. The molecule has 1 heterocycles. The molecule has 0 fully saturated rings. The lowest BCUT2D eigenvalue weighted by atomic mass is 9.86. The van der Waals surface area contributed by atoms with Gasteiger partial charge in [-0.2, -0.15) is 0 Å². The van der Waals surface area contributed by atoms with Crippen LogP contribution in [0.2, 0.25) is 0 Å². The predicted molar refractivity (Wildman–Crippen MR) is 77.7 cm³/mol. The summed E-state index contributed by atoms with van der Waals surface area (Å²) in [6.45, 7) is 7.91. The minimum atomic E-state index is 0.167. The fourth-order valence-corrected chi connectivity index (χ4v) is 3.09. The minimum Gasteiger partial charge on any atom is -0.308 e. The second-order valence-electron chi connectivity index (χ2n) is 5.01. The average Bonchev–Trinajstić information content (AvgIpc) is 2.82. The molecule has 98 valence electrons. The summed E-state index contributed by atoms with van der Waals surface area (Å²) >= 11 is 1.85. The third kappa shape index (κ3) is 3.30. The van der Waals surface area contributed by atoms with Crippen LogP contribution >= 0.6 is 11.3 Å². The van der Waals surface area contributed by atoms with Crippen LogP contribution in [0.1, 0.15) is 44.5 Å². The van der Waals surface area contributed by atoms with Crippen molar-refractivity contribution < 1.29 is 0 Å². The highest BCUT2D eigenvalue weighted by atomic mass is 32.1. The highest BCUT2D eigenvalue weighted by molar-refractivity contribution is 7.10. The zero-order valence-corrected chi connectivity index (χ0v) is 12.6. The zero-order chi connectivity index (χ0) is 12.9. The Morgan fingerprint density at radius 1 is 1.41 bits per heavy atom. The van der Waals surface area contributed by atoms with Crippen molar-refractivity contribution in [1.82, 2.24) is 10.2 Å². The standard InChI is InChI=1S/C14H26N2S/c1-6-10-15-13(12-9-8-11-17-12)14(3,7-2)16(4)5/h8-9,11,13,15H,6-7,10H2,1-5H3. The maximum atomic E-state index is 3.71. The van der Waals surface area contributed by atoms with E-state index in [0.29, 0.717) is 6.04 Å². The Balaban J connectivity index is 2.96. The Kier molecular flexibility index (Phi) is 5.63. The normalized spacial score (nSPS) is 17.1. The molecule has 1 aromatic heterocycles. The highest BCUT2D eigenvalue weighted by Crippen LogP contribution is 2.34.